The van der Waals surface area contributed by atoms with E-state index in [4.69, 9.17) is 0 Å². The first kappa shape index (κ1) is 10.4. The Balaban J connectivity index is 1.95. The number of benzene rings is 1. The van der Waals surface area contributed by atoms with Crippen molar-refractivity contribution in [1.82, 2.24) is 9.78 Å². The van der Waals surface area contributed by atoms with Crippen LogP contribution in [-0.2, 0) is 11.3 Å². The van der Waals surface area contributed by atoms with Gasteiger partial charge in [-0.2, -0.15) is 5.10 Å². The van der Waals surface area contributed by atoms with Gasteiger partial charge in [0.05, 0.1) is 5.69 Å². The zero-order valence-corrected chi connectivity index (χ0v) is 9.05. The molecule has 0 aliphatic rings. The van der Waals surface area contributed by atoms with Crippen LogP contribution in [0.25, 0.3) is 0 Å². The van der Waals surface area contributed by atoms with Crippen LogP contribution in [0.3, 0.4) is 0 Å². The number of aryl methyl sites for hydroxylation is 1. The SMILES string of the molecule is Cc1ccn(CC(=O)Nc2ccccc2)n1. The van der Waals surface area contributed by atoms with Crippen LogP contribution < -0.4 is 5.32 Å². The molecule has 0 fully saturated rings. The molecule has 1 heterocycles. The number of nitrogens with zero attached hydrogens (tertiary/aromatic N) is 2. The van der Waals surface area contributed by atoms with Crippen molar-refractivity contribution < 1.29 is 4.79 Å². The summed E-state index contributed by atoms with van der Waals surface area (Å²) in [7, 11) is 0. The van der Waals surface area contributed by atoms with E-state index in [1.807, 2.05) is 43.3 Å². The zero-order chi connectivity index (χ0) is 11.4. The lowest BCUT2D eigenvalue weighted by Gasteiger charge is -2.04. The molecule has 82 valence electrons. The Morgan fingerprint density at radius 3 is 2.69 bits per heavy atom. The molecule has 2 aromatic rings. The van der Waals surface area contributed by atoms with Crippen molar-refractivity contribution in [3.63, 3.8) is 0 Å². The molecule has 0 atom stereocenters. The van der Waals surface area contributed by atoms with Gasteiger partial charge in [0.25, 0.3) is 0 Å². The number of carbonyl (C=O) groups is 1. The lowest BCUT2D eigenvalue weighted by Crippen LogP contribution is -2.18. The molecule has 0 aliphatic carbocycles. The molecular formula is C12H13N3O. The minimum atomic E-state index is -0.0747. The van der Waals surface area contributed by atoms with Crippen LogP contribution in [0.1, 0.15) is 5.69 Å². The van der Waals surface area contributed by atoms with Crippen LogP contribution in [0.15, 0.2) is 42.6 Å². The largest absolute Gasteiger partial charge is 0.324 e. The Hall–Kier alpha value is -2.10. The lowest BCUT2D eigenvalue weighted by molar-refractivity contribution is -0.116. The molecule has 1 amide bonds. The maximum absolute atomic E-state index is 11.6. The van der Waals surface area contributed by atoms with Gasteiger partial charge in [-0.25, -0.2) is 0 Å². The van der Waals surface area contributed by atoms with Crippen molar-refractivity contribution in [2.45, 2.75) is 13.5 Å². The topological polar surface area (TPSA) is 46.9 Å². The summed E-state index contributed by atoms with van der Waals surface area (Å²) in [6, 6.07) is 11.3. The molecule has 1 aromatic heterocycles. The predicted octanol–water partition coefficient (Wildman–Crippen LogP) is 1.83. The molecule has 16 heavy (non-hydrogen) atoms. The second-order valence-corrected chi connectivity index (χ2v) is 3.57. The average molecular weight is 215 g/mol. The highest BCUT2D eigenvalue weighted by Gasteiger charge is 2.03. The molecule has 0 aliphatic heterocycles. The van der Waals surface area contributed by atoms with E-state index in [0.717, 1.165) is 11.4 Å². The van der Waals surface area contributed by atoms with Crippen molar-refractivity contribution in [2.75, 3.05) is 5.32 Å². The zero-order valence-electron chi connectivity index (χ0n) is 9.05. The van der Waals surface area contributed by atoms with E-state index in [0.29, 0.717) is 0 Å². The number of hydrogen-bond donors (Lipinski definition) is 1. The van der Waals surface area contributed by atoms with E-state index in [2.05, 4.69) is 10.4 Å². The summed E-state index contributed by atoms with van der Waals surface area (Å²) in [6.07, 6.45) is 1.79. The number of para-hydroxylation sites is 1. The van der Waals surface area contributed by atoms with Crippen molar-refractivity contribution in [3.05, 3.63) is 48.3 Å². The molecule has 1 aromatic carbocycles. The molecule has 0 unspecified atom stereocenters. The third-order valence-corrected chi connectivity index (χ3v) is 2.14. The quantitative estimate of drug-likeness (QED) is 0.849. The predicted molar refractivity (Wildman–Crippen MR) is 62.0 cm³/mol. The first-order valence-electron chi connectivity index (χ1n) is 5.09. The molecule has 4 heteroatoms. The van der Waals surface area contributed by atoms with Gasteiger partial charge < -0.3 is 5.32 Å². The third kappa shape index (κ3) is 2.70. The molecule has 0 saturated carbocycles. The fourth-order valence-corrected chi connectivity index (χ4v) is 1.42. The van der Waals surface area contributed by atoms with Gasteiger partial charge in [0.1, 0.15) is 6.54 Å². The van der Waals surface area contributed by atoms with Crippen LogP contribution in [0, 0.1) is 6.92 Å². The van der Waals surface area contributed by atoms with E-state index in [9.17, 15) is 4.79 Å². The van der Waals surface area contributed by atoms with Gasteiger partial charge in [-0.3, -0.25) is 9.48 Å². The molecular weight excluding hydrogens is 202 g/mol. The summed E-state index contributed by atoms with van der Waals surface area (Å²) in [5.74, 6) is -0.0747. The van der Waals surface area contributed by atoms with E-state index >= 15 is 0 Å². The van der Waals surface area contributed by atoms with E-state index in [-0.39, 0.29) is 12.5 Å². The summed E-state index contributed by atoms with van der Waals surface area (Å²) >= 11 is 0. The summed E-state index contributed by atoms with van der Waals surface area (Å²) < 4.78 is 1.62. The monoisotopic (exact) mass is 215 g/mol. The van der Waals surface area contributed by atoms with Gasteiger partial charge in [0.2, 0.25) is 5.91 Å². The van der Waals surface area contributed by atoms with Gasteiger partial charge in [0.15, 0.2) is 0 Å². The first-order valence-corrected chi connectivity index (χ1v) is 5.09. The van der Waals surface area contributed by atoms with Crippen LogP contribution in [0.5, 0.6) is 0 Å². The number of anilines is 1. The van der Waals surface area contributed by atoms with Crippen molar-refractivity contribution in [2.24, 2.45) is 0 Å². The Morgan fingerprint density at radius 1 is 1.31 bits per heavy atom. The number of carbonyl (C=O) groups excluding carboxylic acids is 1. The lowest BCUT2D eigenvalue weighted by atomic mass is 10.3. The van der Waals surface area contributed by atoms with E-state index in [1.165, 1.54) is 0 Å². The Labute approximate surface area is 93.9 Å². The van der Waals surface area contributed by atoms with Crippen LogP contribution in [-0.4, -0.2) is 15.7 Å². The molecule has 0 bridgehead atoms. The Bertz CT molecular complexity index is 476. The maximum Gasteiger partial charge on any atom is 0.246 e. The standard InChI is InChI=1S/C12H13N3O/c1-10-7-8-15(14-10)9-12(16)13-11-5-3-2-4-6-11/h2-8H,9H2,1H3,(H,13,16). The Kier molecular flexibility index (Phi) is 3.00. The van der Waals surface area contributed by atoms with Crippen molar-refractivity contribution >= 4 is 11.6 Å². The Morgan fingerprint density at radius 2 is 2.06 bits per heavy atom. The highest BCUT2D eigenvalue weighted by Crippen LogP contribution is 2.04. The number of amides is 1. The smallest absolute Gasteiger partial charge is 0.246 e. The molecule has 4 nitrogen and oxygen atoms in total. The van der Waals surface area contributed by atoms with Gasteiger partial charge in [0, 0.05) is 11.9 Å². The van der Waals surface area contributed by atoms with Crippen LogP contribution in [0.4, 0.5) is 5.69 Å². The van der Waals surface area contributed by atoms with E-state index in [1.54, 1.807) is 10.9 Å². The maximum atomic E-state index is 11.6. The van der Waals surface area contributed by atoms with Crippen LogP contribution in [0.2, 0.25) is 0 Å². The van der Waals surface area contributed by atoms with Gasteiger partial charge >= 0.3 is 0 Å². The van der Waals surface area contributed by atoms with Crippen LogP contribution >= 0.6 is 0 Å². The minimum absolute atomic E-state index is 0.0747. The second kappa shape index (κ2) is 4.61. The molecule has 1 N–H and O–H groups in total. The summed E-state index contributed by atoms with van der Waals surface area (Å²) in [6.45, 7) is 2.13. The fourth-order valence-electron chi connectivity index (χ4n) is 1.42. The van der Waals surface area contributed by atoms with Gasteiger partial charge in [-0.1, -0.05) is 18.2 Å². The second-order valence-electron chi connectivity index (χ2n) is 3.57. The number of hydrogen-bond acceptors (Lipinski definition) is 2. The fraction of sp³-hybridized carbons (Fsp3) is 0.167. The summed E-state index contributed by atoms with van der Waals surface area (Å²) in [4.78, 5) is 11.6. The number of rotatable bonds is 3. The van der Waals surface area contributed by atoms with E-state index < -0.39 is 0 Å². The molecule has 2 rings (SSSR count). The number of aromatic nitrogens is 2. The van der Waals surface area contributed by atoms with Crippen molar-refractivity contribution in [3.8, 4) is 0 Å². The number of nitrogens with one attached hydrogen (secondary N) is 1. The van der Waals surface area contributed by atoms with Gasteiger partial charge in [-0.05, 0) is 25.1 Å². The molecule has 0 radical (unpaired) electrons. The summed E-state index contributed by atoms with van der Waals surface area (Å²) in [5, 5.41) is 6.95. The third-order valence-electron chi connectivity index (χ3n) is 2.14. The summed E-state index contributed by atoms with van der Waals surface area (Å²) in [5.41, 5.74) is 1.71. The normalized spacial score (nSPS) is 10.1. The molecule has 0 spiro atoms. The highest BCUT2D eigenvalue weighted by molar-refractivity contribution is 5.90. The van der Waals surface area contributed by atoms with Gasteiger partial charge in [-0.15, -0.1) is 0 Å². The highest BCUT2D eigenvalue weighted by atomic mass is 16.2. The first-order chi connectivity index (χ1) is 7.74. The average Bonchev–Trinajstić information content (AvgIpc) is 2.65. The minimum Gasteiger partial charge on any atom is -0.324 e. The molecule has 0 saturated heterocycles. The van der Waals surface area contributed by atoms with Crippen molar-refractivity contribution in [1.29, 1.82) is 0 Å².